The number of ether oxygens (including phenoxy) is 1. The number of amides is 3. The van der Waals surface area contributed by atoms with E-state index in [1.807, 2.05) is 6.92 Å². The van der Waals surface area contributed by atoms with Crippen LogP contribution in [0.2, 0.25) is 0 Å². The number of carbonyl (C=O) groups is 3. The summed E-state index contributed by atoms with van der Waals surface area (Å²) >= 11 is 0. The summed E-state index contributed by atoms with van der Waals surface area (Å²) in [6.07, 6.45) is 1.42. The molecule has 0 unspecified atom stereocenters. The molecule has 3 aromatic rings. The summed E-state index contributed by atoms with van der Waals surface area (Å²) in [4.78, 5) is 35.5. The number of aryl methyl sites for hydroxylation is 1. The Labute approximate surface area is 173 Å². The lowest BCUT2D eigenvalue weighted by molar-refractivity contribution is -0.118. The molecule has 0 aliphatic heterocycles. The van der Waals surface area contributed by atoms with E-state index in [1.165, 1.54) is 13.2 Å². The summed E-state index contributed by atoms with van der Waals surface area (Å²) in [5.74, 6) is -0.324. The zero-order chi connectivity index (χ0) is 21.5. The molecule has 0 saturated carbocycles. The van der Waals surface area contributed by atoms with Gasteiger partial charge in [0.05, 0.1) is 6.26 Å². The van der Waals surface area contributed by atoms with Gasteiger partial charge in [0, 0.05) is 30.1 Å². The van der Waals surface area contributed by atoms with Gasteiger partial charge in [-0.3, -0.25) is 14.4 Å². The Morgan fingerprint density at radius 1 is 0.933 bits per heavy atom. The van der Waals surface area contributed by atoms with E-state index in [-0.39, 0.29) is 30.1 Å². The number of hydrogen-bond acceptors (Lipinski definition) is 5. The van der Waals surface area contributed by atoms with Crippen LogP contribution in [0.15, 0.2) is 65.3 Å². The van der Waals surface area contributed by atoms with E-state index >= 15 is 0 Å². The van der Waals surface area contributed by atoms with Crippen LogP contribution in [0.25, 0.3) is 0 Å². The highest BCUT2D eigenvalue weighted by atomic mass is 16.5. The monoisotopic (exact) mass is 407 g/mol. The summed E-state index contributed by atoms with van der Waals surface area (Å²) < 4.78 is 10.6. The van der Waals surface area contributed by atoms with E-state index in [9.17, 15) is 14.4 Å². The zero-order valence-electron chi connectivity index (χ0n) is 16.5. The van der Waals surface area contributed by atoms with Crippen LogP contribution in [-0.4, -0.2) is 24.3 Å². The molecule has 30 heavy (non-hydrogen) atoms. The third kappa shape index (κ3) is 5.71. The molecule has 2 aromatic carbocycles. The molecule has 1 heterocycles. The average molecular weight is 407 g/mol. The lowest BCUT2D eigenvalue weighted by Gasteiger charge is -2.12. The number of anilines is 3. The van der Waals surface area contributed by atoms with Crippen LogP contribution in [-0.2, 0) is 9.59 Å². The predicted molar refractivity (Wildman–Crippen MR) is 113 cm³/mol. The molecule has 0 bridgehead atoms. The first kappa shape index (κ1) is 20.7. The van der Waals surface area contributed by atoms with Gasteiger partial charge in [-0.2, -0.15) is 0 Å². The Morgan fingerprint density at radius 3 is 2.47 bits per heavy atom. The normalized spacial score (nSPS) is 10.2. The van der Waals surface area contributed by atoms with Crippen molar-refractivity contribution in [3.05, 3.63) is 72.2 Å². The summed E-state index contributed by atoms with van der Waals surface area (Å²) in [5.41, 5.74) is 2.52. The number of rotatable bonds is 7. The third-order valence-electron chi connectivity index (χ3n) is 4.04. The van der Waals surface area contributed by atoms with E-state index in [0.717, 1.165) is 5.56 Å². The molecule has 3 N–H and O–H groups in total. The lowest BCUT2D eigenvalue weighted by Crippen LogP contribution is -2.21. The number of furan rings is 1. The molecular weight excluding hydrogens is 386 g/mol. The Kier molecular flexibility index (Phi) is 6.49. The molecular formula is C22H21N3O5. The molecule has 0 aliphatic rings. The van der Waals surface area contributed by atoms with Crippen LogP contribution in [0.5, 0.6) is 5.75 Å². The lowest BCUT2D eigenvalue weighted by atomic mass is 10.1. The highest BCUT2D eigenvalue weighted by molar-refractivity contribution is 6.02. The summed E-state index contributed by atoms with van der Waals surface area (Å²) in [7, 11) is 0. The van der Waals surface area contributed by atoms with Gasteiger partial charge in [0.2, 0.25) is 5.91 Å². The minimum atomic E-state index is -0.385. The third-order valence-corrected chi connectivity index (χ3v) is 4.04. The maximum atomic E-state index is 12.3. The topological polar surface area (TPSA) is 110 Å². The van der Waals surface area contributed by atoms with Crippen LogP contribution < -0.4 is 20.7 Å². The molecule has 8 heteroatoms. The molecule has 0 spiro atoms. The number of nitrogens with one attached hydrogen (secondary N) is 3. The molecule has 3 rings (SSSR count). The number of carbonyl (C=O) groups excluding carboxylic acids is 3. The zero-order valence-corrected chi connectivity index (χ0v) is 16.5. The SMILES string of the molecule is CC(=O)Nc1ccc(C)c(NC(=O)COc2cccc(NC(=O)c3ccco3)c2)c1. The Bertz CT molecular complexity index is 1060. The fourth-order valence-electron chi connectivity index (χ4n) is 2.64. The maximum Gasteiger partial charge on any atom is 0.291 e. The highest BCUT2D eigenvalue weighted by Gasteiger charge is 2.10. The summed E-state index contributed by atoms with van der Waals surface area (Å²) in [5, 5.41) is 8.13. The standard InChI is InChI=1S/C22H21N3O5/c1-14-8-9-17(23-15(2)26)12-19(14)25-21(27)13-30-18-6-3-5-16(11-18)24-22(28)20-7-4-10-29-20/h3-12H,13H2,1-2H3,(H,23,26)(H,24,28)(H,25,27). The van der Waals surface area contributed by atoms with Crippen LogP contribution >= 0.6 is 0 Å². The number of benzene rings is 2. The predicted octanol–water partition coefficient (Wildman–Crippen LogP) is 3.82. The van der Waals surface area contributed by atoms with Crippen LogP contribution in [0.1, 0.15) is 23.0 Å². The van der Waals surface area contributed by atoms with E-state index < -0.39 is 0 Å². The van der Waals surface area contributed by atoms with Crippen molar-refractivity contribution in [1.29, 1.82) is 0 Å². The molecule has 0 aliphatic carbocycles. The molecule has 1 aromatic heterocycles. The molecule has 3 amide bonds. The van der Waals surface area contributed by atoms with Gasteiger partial charge in [0.1, 0.15) is 5.75 Å². The van der Waals surface area contributed by atoms with Gasteiger partial charge in [-0.05, 0) is 48.9 Å². The van der Waals surface area contributed by atoms with Gasteiger partial charge in [-0.25, -0.2) is 0 Å². The van der Waals surface area contributed by atoms with Crippen molar-refractivity contribution in [3.8, 4) is 5.75 Å². The summed E-state index contributed by atoms with van der Waals surface area (Å²) in [6, 6.07) is 15.1. The average Bonchev–Trinajstić information content (AvgIpc) is 3.24. The molecule has 154 valence electrons. The largest absolute Gasteiger partial charge is 0.484 e. The van der Waals surface area contributed by atoms with Crippen molar-refractivity contribution in [2.24, 2.45) is 0 Å². The maximum absolute atomic E-state index is 12.3. The van der Waals surface area contributed by atoms with Crippen molar-refractivity contribution in [2.75, 3.05) is 22.6 Å². The highest BCUT2D eigenvalue weighted by Crippen LogP contribution is 2.21. The van der Waals surface area contributed by atoms with E-state index in [1.54, 1.807) is 54.6 Å². The molecule has 8 nitrogen and oxygen atoms in total. The van der Waals surface area contributed by atoms with Crippen molar-refractivity contribution in [3.63, 3.8) is 0 Å². The van der Waals surface area contributed by atoms with Crippen molar-refractivity contribution < 1.29 is 23.5 Å². The molecule has 0 saturated heterocycles. The number of hydrogen-bond donors (Lipinski definition) is 3. The van der Waals surface area contributed by atoms with Gasteiger partial charge >= 0.3 is 0 Å². The Morgan fingerprint density at radius 2 is 1.73 bits per heavy atom. The Hall–Kier alpha value is -4.07. The van der Waals surface area contributed by atoms with Crippen LogP contribution in [0, 0.1) is 6.92 Å². The van der Waals surface area contributed by atoms with Crippen molar-refractivity contribution in [1.82, 2.24) is 0 Å². The van der Waals surface area contributed by atoms with Gasteiger partial charge in [-0.15, -0.1) is 0 Å². The van der Waals surface area contributed by atoms with Gasteiger partial charge in [0.15, 0.2) is 12.4 Å². The first-order chi connectivity index (χ1) is 14.4. The fourth-order valence-corrected chi connectivity index (χ4v) is 2.64. The van der Waals surface area contributed by atoms with Crippen molar-refractivity contribution in [2.45, 2.75) is 13.8 Å². The second kappa shape index (κ2) is 9.42. The smallest absolute Gasteiger partial charge is 0.291 e. The van der Waals surface area contributed by atoms with Crippen LogP contribution in [0.4, 0.5) is 17.1 Å². The van der Waals surface area contributed by atoms with E-state index in [4.69, 9.17) is 9.15 Å². The fraction of sp³-hybridized carbons (Fsp3) is 0.136. The summed E-state index contributed by atoms with van der Waals surface area (Å²) in [6.45, 7) is 3.04. The van der Waals surface area contributed by atoms with Gasteiger partial charge in [-0.1, -0.05) is 12.1 Å². The Balaban J connectivity index is 1.57. The first-order valence-electron chi connectivity index (χ1n) is 9.16. The van der Waals surface area contributed by atoms with Gasteiger partial charge < -0.3 is 25.1 Å². The molecule has 0 radical (unpaired) electrons. The first-order valence-corrected chi connectivity index (χ1v) is 9.16. The van der Waals surface area contributed by atoms with Crippen molar-refractivity contribution >= 4 is 34.8 Å². The minimum Gasteiger partial charge on any atom is -0.484 e. The van der Waals surface area contributed by atoms with Crippen LogP contribution in [0.3, 0.4) is 0 Å². The second-order valence-corrected chi connectivity index (χ2v) is 6.51. The van der Waals surface area contributed by atoms with Gasteiger partial charge in [0.25, 0.3) is 11.8 Å². The molecule has 0 atom stereocenters. The van der Waals surface area contributed by atoms with E-state index in [0.29, 0.717) is 22.8 Å². The quantitative estimate of drug-likeness (QED) is 0.552. The molecule has 0 fully saturated rings. The van der Waals surface area contributed by atoms with E-state index in [2.05, 4.69) is 16.0 Å². The second-order valence-electron chi connectivity index (χ2n) is 6.51. The minimum absolute atomic E-state index is 0.192.